The van der Waals surface area contributed by atoms with Crippen LogP contribution in [-0.2, 0) is 9.84 Å². The number of nitrogens with two attached hydrogens (primary N) is 1. The molecule has 0 amide bonds. The summed E-state index contributed by atoms with van der Waals surface area (Å²) < 4.78 is 24.2. The van der Waals surface area contributed by atoms with Crippen molar-refractivity contribution in [3.05, 3.63) is 42.6 Å². The van der Waals surface area contributed by atoms with E-state index in [4.69, 9.17) is 5.73 Å². The number of benzene rings is 2. The maximum Gasteiger partial charge on any atom is 0.320 e. The molecule has 2 aromatic carbocycles. The quantitative estimate of drug-likeness (QED) is 0.691. The van der Waals surface area contributed by atoms with Crippen molar-refractivity contribution >= 4 is 38.8 Å². The number of aromatic nitrogens is 2. The second kappa shape index (κ2) is 5.88. The van der Waals surface area contributed by atoms with Gasteiger partial charge in [-0.3, -0.25) is 0 Å². The average Bonchev–Trinajstić information content (AvgIpc) is 2.53. The van der Waals surface area contributed by atoms with Gasteiger partial charge in [-0.2, -0.15) is 10.2 Å². The SMILES string of the molecule is CB(O)c1ccc(S(C)(=O)=O)c(-c2ccc3c(N)cnnc3c2)c1. The number of rotatable bonds is 3. The monoisotopic (exact) mass is 341 g/mol. The Morgan fingerprint density at radius 2 is 1.92 bits per heavy atom. The number of nitrogens with zero attached hydrogens (tertiary/aromatic N) is 2. The molecule has 24 heavy (non-hydrogen) atoms. The number of anilines is 1. The lowest BCUT2D eigenvalue weighted by Gasteiger charge is -2.12. The lowest BCUT2D eigenvalue weighted by atomic mass is 9.64. The van der Waals surface area contributed by atoms with Crippen LogP contribution in [0.4, 0.5) is 5.69 Å². The van der Waals surface area contributed by atoms with Gasteiger partial charge in [-0.05, 0) is 34.8 Å². The highest BCUT2D eigenvalue weighted by Gasteiger charge is 2.18. The molecule has 0 aliphatic carbocycles. The van der Waals surface area contributed by atoms with Gasteiger partial charge in [0, 0.05) is 11.6 Å². The maximum atomic E-state index is 12.1. The minimum absolute atomic E-state index is 0.197. The molecule has 0 unspecified atom stereocenters. The van der Waals surface area contributed by atoms with Gasteiger partial charge in [0.1, 0.15) is 0 Å². The Morgan fingerprint density at radius 1 is 1.17 bits per heavy atom. The van der Waals surface area contributed by atoms with Crippen LogP contribution in [0.1, 0.15) is 0 Å². The Hall–Kier alpha value is -2.45. The van der Waals surface area contributed by atoms with Crippen molar-refractivity contribution in [1.82, 2.24) is 10.2 Å². The van der Waals surface area contributed by atoms with Crippen LogP contribution >= 0.6 is 0 Å². The van der Waals surface area contributed by atoms with E-state index in [1.54, 1.807) is 37.2 Å². The minimum atomic E-state index is -3.43. The summed E-state index contributed by atoms with van der Waals surface area (Å²) >= 11 is 0. The van der Waals surface area contributed by atoms with Crippen LogP contribution < -0.4 is 11.2 Å². The molecule has 0 atom stereocenters. The zero-order valence-corrected chi connectivity index (χ0v) is 14.1. The summed E-state index contributed by atoms with van der Waals surface area (Å²) in [5.74, 6) is 0. The Balaban J connectivity index is 2.29. The highest BCUT2D eigenvalue weighted by atomic mass is 32.2. The highest BCUT2D eigenvalue weighted by Crippen LogP contribution is 2.30. The Morgan fingerprint density at radius 3 is 2.58 bits per heavy atom. The summed E-state index contributed by atoms with van der Waals surface area (Å²) in [6.45, 7) is 0.930. The van der Waals surface area contributed by atoms with E-state index in [9.17, 15) is 13.4 Å². The van der Waals surface area contributed by atoms with Gasteiger partial charge in [0.05, 0.1) is 22.3 Å². The Kier molecular flexibility index (Phi) is 4.02. The van der Waals surface area contributed by atoms with Crippen molar-refractivity contribution in [2.45, 2.75) is 11.7 Å². The fraction of sp³-hybridized carbons (Fsp3) is 0.125. The Bertz CT molecular complexity index is 1040. The summed E-state index contributed by atoms with van der Waals surface area (Å²) in [4.78, 5) is 0.197. The first-order valence-corrected chi connectivity index (χ1v) is 9.20. The van der Waals surface area contributed by atoms with Gasteiger partial charge in [0.15, 0.2) is 9.84 Å². The summed E-state index contributed by atoms with van der Waals surface area (Å²) in [5.41, 5.74) is 8.78. The van der Waals surface area contributed by atoms with Gasteiger partial charge in [-0.15, -0.1) is 0 Å². The first-order valence-electron chi connectivity index (χ1n) is 7.31. The van der Waals surface area contributed by atoms with Gasteiger partial charge >= 0.3 is 6.92 Å². The normalized spacial score (nSPS) is 11.6. The molecule has 1 aromatic heterocycles. The molecule has 3 N–H and O–H groups in total. The second-order valence-electron chi connectivity index (χ2n) is 5.74. The van der Waals surface area contributed by atoms with Crippen LogP contribution in [0, 0.1) is 0 Å². The third-order valence-corrected chi connectivity index (χ3v) is 5.02. The van der Waals surface area contributed by atoms with Crippen molar-refractivity contribution in [2.75, 3.05) is 12.0 Å². The van der Waals surface area contributed by atoms with Crippen molar-refractivity contribution in [3.63, 3.8) is 0 Å². The van der Waals surface area contributed by atoms with Gasteiger partial charge in [-0.1, -0.05) is 25.0 Å². The molecule has 3 rings (SSSR count). The van der Waals surface area contributed by atoms with Crippen LogP contribution in [-0.4, -0.2) is 36.8 Å². The summed E-state index contributed by atoms with van der Waals surface area (Å²) in [6, 6.07) is 10.1. The fourth-order valence-corrected chi connectivity index (χ4v) is 3.50. The maximum absolute atomic E-state index is 12.1. The van der Waals surface area contributed by atoms with E-state index in [0.717, 1.165) is 11.6 Å². The van der Waals surface area contributed by atoms with E-state index in [-0.39, 0.29) is 4.90 Å². The van der Waals surface area contributed by atoms with Crippen molar-refractivity contribution in [1.29, 1.82) is 0 Å². The molecule has 0 bridgehead atoms. The molecule has 0 spiro atoms. The lowest BCUT2D eigenvalue weighted by molar-refractivity contribution is 0.593. The number of hydrogen-bond acceptors (Lipinski definition) is 6. The zero-order chi connectivity index (χ0) is 17.5. The second-order valence-corrected chi connectivity index (χ2v) is 7.72. The van der Waals surface area contributed by atoms with E-state index in [1.165, 1.54) is 12.3 Å². The van der Waals surface area contributed by atoms with Crippen LogP contribution in [0.2, 0.25) is 6.82 Å². The molecule has 0 radical (unpaired) electrons. The lowest BCUT2D eigenvalue weighted by Crippen LogP contribution is -2.26. The average molecular weight is 341 g/mol. The van der Waals surface area contributed by atoms with Crippen molar-refractivity contribution in [3.8, 4) is 11.1 Å². The number of sulfone groups is 1. The molecular weight excluding hydrogens is 325 g/mol. The number of hydrogen-bond donors (Lipinski definition) is 2. The minimum Gasteiger partial charge on any atom is -0.447 e. The third kappa shape index (κ3) is 2.98. The first-order chi connectivity index (χ1) is 11.3. The van der Waals surface area contributed by atoms with E-state index in [1.807, 2.05) is 0 Å². The first kappa shape index (κ1) is 16.4. The highest BCUT2D eigenvalue weighted by molar-refractivity contribution is 7.90. The molecule has 8 heteroatoms. The van der Waals surface area contributed by atoms with E-state index in [2.05, 4.69) is 10.2 Å². The van der Waals surface area contributed by atoms with E-state index >= 15 is 0 Å². The van der Waals surface area contributed by atoms with Gasteiger partial charge in [-0.25, -0.2) is 8.42 Å². The van der Waals surface area contributed by atoms with E-state index < -0.39 is 16.8 Å². The molecule has 0 saturated carbocycles. The van der Waals surface area contributed by atoms with Gasteiger partial charge < -0.3 is 10.8 Å². The van der Waals surface area contributed by atoms with Gasteiger partial charge in [0.2, 0.25) is 0 Å². The standard InChI is InChI=1S/C16H16BN3O3S/c1-17(21)11-4-6-16(24(2,22)23)13(8-11)10-3-5-12-14(18)9-19-20-15(12)7-10/h3-9,21H,1-2H3,(H2,18,20). The summed E-state index contributed by atoms with van der Waals surface area (Å²) in [5, 5.41) is 18.4. The molecule has 122 valence electrons. The molecule has 1 heterocycles. The zero-order valence-electron chi connectivity index (χ0n) is 13.3. The molecule has 0 aliphatic heterocycles. The molecule has 0 saturated heterocycles. The molecule has 3 aromatic rings. The summed E-state index contributed by atoms with van der Waals surface area (Å²) in [7, 11) is -3.43. The molecular formula is C16H16BN3O3S. The molecule has 6 nitrogen and oxygen atoms in total. The van der Waals surface area contributed by atoms with Crippen molar-refractivity contribution in [2.24, 2.45) is 0 Å². The predicted molar refractivity (Wildman–Crippen MR) is 96.0 cm³/mol. The van der Waals surface area contributed by atoms with E-state index in [0.29, 0.717) is 27.8 Å². The molecule has 0 aliphatic rings. The summed E-state index contributed by atoms with van der Waals surface area (Å²) in [6.07, 6.45) is 2.63. The van der Waals surface area contributed by atoms with Crippen LogP contribution in [0.5, 0.6) is 0 Å². The third-order valence-electron chi connectivity index (χ3n) is 3.87. The number of fused-ring (bicyclic) bond motifs is 1. The predicted octanol–water partition coefficient (Wildman–Crippen LogP) is 1.10. The Labute approximate surface area is 140 Å². The number of nitrogen functional groups attached to an aromatic ring is 1. The smallest absolute Gasteiger partial charge is 0.320 e. The fourth-order valence-electron chi connectivity index (χ4n) is 2.61. The van der Waals surface area contributed by atoms with Gasteiger partial charge in [0.25, 0.3) is 0 Å². The van der Waals surface area contributed by atoms with Crippen molar-refractivity contribution < 1.29 is 13.4 Å². The van der Waals surface area contributed by atoms with Crippen LogP contribution in [0.25, 0.3) is 22.0 Å². The topological polar surface area (TPSA) is 106 Å². The largest absolute Gasteiger partial charge is 0.447 e. The molecule has 0 fully saturated rings. The van der Waals surface area contributed by atoms with Crippen LogP contribution in [0.15, 0.2) is 47.5 Å². The van der Waals surface area contributed by atoms with Crippen LogP contribution in [0.3, 0.4) is 0 Å².